The maximum Gasteiger partial charge on any atom is 0.193 e. The number of aliphatic imine (C=N–C) groups is 1. The largest absolute Gasteiger partial charge is 0.375 e. The number of hydrogen-bond donors (Lipinski definition) is 1. The predicted octanol–water partition coefficient (Wildman–Crippen LogP) is -0.228. The Morgan fingerprint density at radius 2 is 1.91 bits per heavy atom. The van der Waals surface area contributed by atoms with Gasteiger partial charge in [-0.2, -0.15) is 0 Å². The van der Waals surface area contributed by atoms with Crippen molar-refractivity contribution in [1.82, 2.24) is 15.1 Å². The Labute approximate surface area is 139 Å². The molecule has 3 aliphatic rings. The number of nitrogens with one attached hydrogen (secondary N) is 1. The number of guanidine groups is 1. The molecule has 0 bridgehead atoms. The van der Waals surface area contributed by atoms with Gasteiger partial charge in [-0.05, 0) is 19.9 Å². The van der Waals surface area contributed by atoms with E-state index in [1.54, 1.807) is 0 Å². The van der Waals surface area contributed by atoms with E-state index in [1.807, 2.05) is 7.05 Å². The SMILES string of the molecule is CN=C(NCC1CN(C)CCO1)N1CCOC(C2CCCO2)C1. The van der Waals surface area contributed by atoms with Gasteiger partial charge in [0.25, 0.3) is 0 Å². The zero-order valence-electron chi connectivity index (χ0n) is 14.4. The second kappa shape index (κ2) is 8.28. The molecule has 0 aromatic rings. The normalized spacial score (nSPS) is 33.9. The lowest BCUT2D eigenvalue weighted by atomic mass is 10.1. The molecule has 0 aromatic carbocycles. The Balaban J connectivity index is 1.49. The molecule has 0 amide bonds. The molecule has 0 spiro atoms. The number of nitrogens with zero attached hydrogens (tertiary/aromatic N) is 3. The van der Waals surface area contributed by atoms with Crippen molar-refractivity contribution in [1.29, 1.82) is 0 Å². The molecular formula is C16H30N4O3. The summed E-state index contributed by atoms with van der Waals surface area (Å²) in [6.07, 6.45) is 2.87. The van der Waals surface area contributed by atoms with Crippen LogP contribution in [0.5, 0.6) is 0 Å². The molecule has 0 aliphatic carbocycles. The van der Waals surface area contributed by atoms with Crippen LogP contribution < -0.4 is 5.32 Å². The second-order valence-electron chi connectivity index (χ2n) is 6.59. The molecule has 3 saturated heterocycles. The van der Waals surface area contributed by atoms with Crippen molar-refractivity contribution in [3.8, 4) is 0 Å². The van der Waals surface area contributed by atoms with Crippen molar-refractivity contribution >= 4 is 5.96 Å². The van der Waals surface area contributed by atoms with E-state index in [0.29, 0.717) is 0 Å². The molecule has 3 fully saturated rings. The van der Waals surface area contributed by atoms with Crippen LogP contribution in [0.1, 0.15) is 12.8 Å². The highest BCUT2D eigenvalue weighted by Gasteiger charge is 2.32. The molecule has 3 unspecified atom stereocenters. The molecule has 1 N–H and O–H groups in total. The summed E-state index contributed by atoms with van der Waals surface area (Å²) >= 11 is 0. The molecule has 23 heavy (non-hydrogen) atoms. The van der Waals surface area contributed by atoms with Gasteiger partial charge in [-0.15, -0.1) is 0 Å². The highest BCUT2D eigenvalue weighted by molar-refractivity contribution is 5.80. The Hall–Kier alpha value is -0.890. The molecule has 0 radical (unpaired) electrons. The van der Waals surface area contributed by atoms with Gasteiger partial charge < -0.3 is 29.3 Å². The third-order valence-corrected chi connectivity index (χ3v) is 4.81. The molecule has 7 heteroatoms. The summed E-state index contributed by atoms with van der Waals surface area (Å²) in [5.74, 6) is 0.938. The van der Waals surface area contributed by atoms with Gasteiger partial charge in [-0.3, -0.25) is 4.99 Å². The van der Waals surface area contributed by atoms with Crippen molar-refractivity contribution in [2.24, 2.45) is 4.99 Å². The van der Waals surface area contributed by atoms with Gasteiger partial charge >= 0.3 is 0 Å². The summed E-state index contributed by atoms with van der Waals surface area (Å²) in [6.45, 7) is 6.88. The lowest BCUT2D eigenvalue weighted by molar-refractivity contribution is -0.0819. The highest BCUT2D eigenvalue weighted by atomic mass is 16.5. The number of ether oxygens (including phenoxy) is 3. The van der Waals surface area contributed by atoms with Crippen LogP contribution in [-0.2, 0) is 14.2 Å². The number of hydrogen-bond acceptors (Lipinski definition) is 5. The van der Waals surface area contributed by atoms with Crippen molar-refractivity contribution in [3.05, 3.63) is 0 Å². The van der Waals surface area contributed by atoms with E-state index in [1.165, 1.54) is 0 Å². The molecule has 0 aromatic heterocycles. The van der Waals surface area contributed by atoms with E-state index in [4.69, 9.17) is 14.2 Å². The first-order valence-electron chi connectivity index (χ1n) is 8.75. The maximum absolute atomic E-state index is 5.91. The molecule has 3 aliphatic heterocycles. The lowest BCUT2D eigenvalue weighted by Gasteiger charge is -2.38. The second-order valence-corrected chi connectivity index (χ2v) is 6.59. The van der Waals surface area contributed by atoms with Crippen LogP contribution in [0, 0.1) is 0 Å². The molecule has 3 rings (SSSR count). The van der Waals surface area contributed by atoms with E-state index in [0.717, 1.165) is 71.3 Å². The third-order valence-electron chi connectivity index (χ3n) is 4.81. The minimum Gasteiger partial charge on any atom is -0.375 e. The van der Waals surface area contributed by atoms with Crippen LogP contribution in [0.2, 0.25) is 0 Å². The summed E-state index contributed by atoms with van der Waals surface area (Å²) in [5.41, 5.74) is 0. The van der Waals surface area contributed by atoms with Crippen LogP contribution in [0.25, 0.3) is 0 Å². The summed E-state index contributed by atoms with van der Waals surface area (Å²) in [5, 5.41) is 3.47. The molecule has 3 atom stereocenters. The van der Waals surface area contributed by atoms with E-state index in [9.17, 15) is 0 Å². The Bertz CT molecular complexity index is 401. The van der Waals surface area contributed by atoms with E-state index < -0.39 is 0 Å². The molecule has 7 nitrogen and oxygen atoms in total. The summed E-state index contributed by atoms with van der Waals surface area (Å²) in [4.78, 5) is 9.03. The van der Waals surface area contributed by atoms with Gasteiger partial charge in [0.1, 0.15) is 6.10 Å². The minimum atomic E-state index is 0.155. The average molecular weight is 326 g/mol. The molecule has 0 saturated carbocycles. The lowest BCUT2D eigenvalue weighted by Crippen LogP contribution is -2.55. The van der Waals surface area contributed by atoms with Crippen molar-refractivity contribution in [2.45, 2.75) is 31.2 Å². The van der Waals surface area contributed by atoms with Crippen molar-refractivity contribution < 1.29 is 14.2 Å². The van der Waals surface area contributed by atoms with Gasteiger partial charge in [0.15, 0.2) is 5.96 Å². The predicted molar refractivity (Wildman–Crippen MR) is 88.9 cm³/mol. The fourth-order valence-corrected chi connectivity index (χ4v) is 3.52. The first kappa shape index (κ1) is 17.0. The van der Waals surface area contributed by atoms with Gasteiger partial charge in [0, 0.05) is 46.4 Å². The van der Waals surface area contributed by atoms with E-state index in [2.05, 4.69) is 27.2 Å². The standard InChI is InChI=1S/C16H30N4O3/c1-17-16(18-10-13-11-19(2)5-8-21-13)20-6-9-23-15(12-20)14-4-3-7-22-14/h13-15H,3-12H2,1-2H3,(H,17,18). The fourth-order valence-electron chi connectivity index (χ4n) is 3.52. The first-order chi connectivity index (χ1) is 11.3. The minimum absolute atomic E-state index is 0.155. The number of likely N-dealkylation sites (N-methyl/N-ethyl adjacent to an activating group) is 1. The summed E-state index contributed by atoms with van der Waals surface area (Å²) in [7, 11) is 3.98. The van der Waals surface area contributed by atoms with Crippen molar-refractivity contribution in [2.75, 3.05) is 66.6 Å². The van der Waals surface area contributed by atoms with Gasteiger partial charge in [-0.1, -0.05) is 0 Å². The molecule has 3 heterocycles. The third kappa shape index (κ3) is 4.56. The first-order valence-corrected chi connectivity index (χ1v) is 8.75. The van der Waals surface area contributed by atoms with Gasteiger partial charge in [-0.25, -0.2) is 0 Å². The number of rotatable bonds is 3. The number of morpholine rings is 2. The van der Waals surface area contributed by atoms with Gasteiger partial charge in [0.2, 0.25) is 0 Å². The van der Waals surface area contributed by atoms with Crippen LogP contribution in [0.15, 0.2) is 4.99 Å². The van der Waals surface area contributed by atoms with Crippen LogP contribution in [0.3, 0.4) is 0 Å². The molecular weight excluding hydrogens is 296 g/mol. The average Bonchev–Trinajstić information content (AvgIpc) is 3.10. The highest BCUT2D eigenvalue weighted by Crippen LogP contribution is 2.21. The van der Waals surface area contributed by atoms with E-state index in [-0.39, 0.29) is 18.3 Å². The Morgan fingerprint density at radius 1 is 1.09 bits per heavy atom. The Kier molecular flexibility index (Phi) is 6.10. The fraction of sp³-hybridized carbons (Fsp3) is 0.938. The zero-order chi connectivity index (χ0) is 16.1. The maximum atomic E-state index is 5.91. The zero-order valence-corrected chi connectivity index (χ0v) is 14.4. The van der Waals surface area contributed by atoms with Crippen LogP contribution in [0.4, 0.5) is 0 Å². The molecule has 132 valence electrons. The summed E-state index contributed by atoms with van der Waals surface area (Å²) < 4.78 is 17.5. The monoisotopic (exact) mass is 326 g/mol. The summed E-state index contributed by atoms with van der Waals surface area (Å²) in [6, 6.07) is 0. The van der Waals surface area contributed by atoms with Crippen molar-refractivity contribution in [3.63, 3.8) is 0 Å². The Morgan fingerprint density at radius 3 is 2.65 bits per heavy atom. The van der Waals surface area contributed by atoms with Crippen LogP contribution in [-0.4, -0.2) is 101 Å². The van der Waals surface area contributed by atoms with E-state index >= 15 is 0 Å². The smallest absolute Gasteiger partial charge is 0.193 e. The van der Waals surface area contributed by atoms with Gasteiger partial charge in [0.05, 0.1) is 25.4 Å². The van der Waals surface area contributed by atoms with Crippen LogP contribution >= 0.6 is 0 Å². The quantitative estimate of drug-likeness (QED) is 0.571. The topological polar surface area (TPSA) is 58.6 Å².